The Bertz CT molecular complexity index is 604. The van der Waals surface area contributed by atoms with E-state index in [-0.39, 0.29) is 5.69 Å². The molecule has 0 spiro atoms. The van der Waals surface area contributed by atoms with Gasteiger partial charge in [-0.2, -0.15) is 0 Å². The molecule has 1 aliphatic carbocycles. The molecule has 0 fully saturated rings. The van der Waals surface area contributed by atoms with Crippen molar-refractivity contribution < 1.29 is 9.90 Å². The Labute approximate surface area is 104 Å². The van der Waals surface area contributed by atoms with Gasteiger partial charge in [-0.1, -0.05) is 17.3 Å². The molecule has 0 bridgehead atoms. The Morgan fingerprint density at radius 1 is 1.28 bits per heavy atom. The normalized spacial score (nSPS) is 14.2. The minimum absolute atomic E-state index is 0.106. The second-order valence-corrected chi connectivity index (χ2v) is 4.46. The number of carboxylic acid groups (broad SMARTS) is 1. The summed E-state index contributed by atoms with van der Waals surface area (Å²) in [5.41, 5.74) is 3.46. The average Bonchev–Trinajstić information content (AvgIpc) is 2.87. The Morgan fingerprint density at radius 2 is 2.11 bits per heavy atom. The molecule has 0 saturated heterocycles. The highest BCUT2D eigenvalue weighted by atomic mass is 16.4. The number of carbonyl (C=O) groups is 1. The fourth-order valence-electron chi connectivity index (χ4n) is 2.52. The van der Waals surface area contributed by atoms with Crippen LogP contribution in [-0.4, -0.2) is 26.1 Å². The van der Waals surface area contributed by atoms with Crippen LogP contribution in [0.15, 0.2) is 24.4 Å². The minimum Gasteiger partial charge on any atom is -0.476 e. The quantitative estimate of drug-likeness (QED) is 0.873. The van der Waals surface area contributed by atoms with E-state index in [0.29, 0.717) is 0 Å². The molecule has 1 aliphatic rings. The summed E-state index contributed by atoms with van der Waals surface area (Å²) in [4.78, 5) is 11.1. The molecule has 0 amide bonds. The molecule has 0 saturated carbocycles. The molecule has 0 aliphatic heterocycles. The van der Waals surface area contributed by atoms with E-state index in [9.17, 15) is 4.79 Å². The monoisotopic (exact) mass is 243 g/mol. The first-order chi connectivity index (χ1) is 8.77. The van der Waals surface area contributed by atoms with Crippen LogP contribution in [0.2, 0.25) is 0 Å². The number of aromatic nitrogens is 3. The maximum Gasteiger partial charge on any atom is 0.356 e. The first kappa shape index (κ1) is 11.0. The van der Waals surface area contributed by atoms with E-state index in [1.165, 1.54) is 28.4 Å². The molecule has 3 rings (SSSR count). The second-order valence-electron chi connectivity index (χ2n) is 4.46. The lowest BCUT2D eigenvalue weighted by atomic mass is 9.90. The van der Waals surface area contributed by atoms with Crippen molar-refractivity contribution in [3.8, 4) is 5.69 Å². The molecule has 1 aromatic carbocycles. The summed E-state index contributed by atoms with van der Waals surface area (Å²) in [7, 11) is 0. The Kier molecular flexibility index (Phi) is 2.59. The van der Waals surface area contributed by atoms with Crippen LogP contribution in [0.3, 0.4) is 0 Å². The zero-order chi connectivity index (χ0) is 12.5. The summed E-state index contributed by atoms with van der Waals surface area (Å²) in [6.07, 6.45) is 5.65. The Morgan fingerprint density at radius 3 is 2.94 bits per heavy atom. The van der Waals surface area contributed by atoms with Gasteiger partial charge in [0.05, 0.1) is 11.9 Å². The topological polar surface area (TPSA) is 68.0 Å². The lowest BCUT2D eigenvalue weighted by Gasteiger charge is -2.19. The Balaban J connectivity index is 2.17. The number of aryl methyl sites for hydroxylation is 1. The Hall–Kier alpha value is -2.17. The molecular formula is C13H13N3O2. The summed E-state index contributed by atoms with van der Waals surface area (Å²) >= 11 is 0. The van der Waals surface area contributed by atoms with Gasteiger partial charge >= 0.3 is 5.97 Å². The molecule has 18 heavy (non-hydrogen) atoms. The van der Waals surface area contributed by atoms with E-state index in [1.807, 2.05) is 12.1 Å². The molecule has 2 aromatic rings. The third kappa shape index (κ3) is 1.68. The van der Waals surface area contributed by atoms with Crippen molar-refractivity contribution in [3.63, 3.8) is 0 Å². The molecule has 1 heterocycles. The standard InChI is InChI=1S/C13H13N3O2/c17-13(18)12-8-14-15-16(12)11-7-3-5-9-4-1-2-6-10(9)11/h3,5,7-8H,1-2,4,6H2,(H,17,18). The highest BCUT2D eigenvalue weighted by molar-refractivity contribution is 5.86. The first-order valence-electron chi connectivity index (χ1n) is 6.02. The maximum absolute atomic E-state index is 11.1. The number of hydrogen-bond donors (Lipinski definition) is 1. The van der Waals surface area contributed by atoms with Gasteiger partial charge in [0.25, 0.3) is 0 Å². The summed E-state index contributed by atoms with van der Waals surface area (Å²) in [6, 6.07) is 5.97. The van der Waals surface area contributed by atoms with E-state index >= 15 is 0 Å². The molecular weight excluding hydrogens is 230 g/mol. The molecule has 5 nitrogen and oxygen atoms in total. The van der Waals surface area contributed by atoms with Crippen LogP contribution in [0.4, 0.5) is 0 Å². The lowest BCUT2D eigenvalue weighted by molar-refractivity contribution is 0.0687. The SMILES string of the molecule is O=C(O)c1cnnn1-c1cccc2c1CCCC2. The van der Waals surface area contributed by atoms with Crippen molar-refractivity contribution in [3.05, 3.63) is 41.2 Å². The van der Waals surface area contributed by atoms with Crippen molar-refractivity contribution in [2.45, 2.75) is 25.7 Å². The number of rotatable bonds is 2. The minimum atomic E-state index is -1.01. The van der Waals surface area contributed by atoms with Gasteiger partial charge in [-0.15, -0.1) is 5.10 Å². The van der Waals surface area contributed by atoms with E-state index in [1.54, 1.807) is 0 Å². The summed E-state index contributed by atoms with van der Waals surface area (Å²) in [6.45, 7) is 0. The highest BCUT2D eigenvalue weighted by Crippen LogP contribution is 2.27. The van der Waals surface area contributed by atoms with Crippen LogP contribution >= 0.6 is 0 Å². The fourth-order valence-corrected chi connectivity index (χ4v) is 2.52. The van der Waals surface area contributed by atoms with Crippen LogP contribution in [0, 0.1) is 0 Å². The van der Waals surface area contributed by atoms with Gasteiger partial charge in [0.1, 0.15) is 0 Å². The molecule has 0 unspecified atom stereocenters. The predicted octanol–water partition coefficient (Wildman–Crippen LogP) is 1.84. The number of hydrogen-bond acceptors (Lipinski definition) is 3. The van der Waals surface area contributed by atoms with Crippen molar-refractivity contribution in [1.82, 2.24) is 15.0 Å². The van der Waals surface area contributed by atoms with Gasteiger partial charge in [-0.25, -0.2) is 9.48 Å². The average molecular weight is 243 g/mol. The molecule has 92 valence electrons. The zero-order valence-corrected chi connectivity index (χ0v) is 9.83. The van der Waals surface area contributed by atoms with E-state index in [0.717, 1.165) is 24.9 Å². The number of nitrogens with zero attached hydrogens (tertiary/aromatic N) is 3. The number of benzene rings is 1. The predicted molar refractivity (Wildman–Crippen MR) is 65.0 cm³/mol. The summed E-state index contributed by atoms with van der Waals surface area (Å²) in [5, 5.41) is 16.7. The van der Waals surface area contributed by atoms with Crippen LogP contribution in [-0.2, 0) is 12.8 Å². The fraction of sp³-hybridized carbons (Fsp3) is 0.308. The van der Waals surface area contributed by atoms with Crippen LogP contribution in [0.25, 0.3) is 5.69 Å². The smallest absolute Gasteiger partial charge is 0.356 e. The number of aromatic carboxylic acids is 1. The van der Waals surface area contributed by atoms with Crippen molar-refractivity contribution in [1.29, 1.82) is 0 Å². The zero-order valence-electron chi connectivity index (χ0n) is 9.83. The van der Waals surface area contributed by atoms with E-state index in [2.05, 4.69) is 16.4 Å². The van der Waals surface area contributed by atoms with Gasteiger partial charge in [-0.05, 0) is 42.9 Å². The van der Waals surface area contributed by atoms with Crippen molar-refractivity contribution >= 4 is 5.97 Å². The van der Waals surface area contributed by atoms with E-state index < -0.39 is 5.97 Å². The lowest BCUT2D eigenvalue weighted by Crippen LogP contribution is -2.13. The summed E-state index contributed by atoms with van der Waals surface area (Å²) < 4.78 is 1.42. The van der Waals surface area contributed by atoms with Crippen LogP contribution < -0.4 is 0 Å². The third-order valence-corrected chi connectivity index (χ3v) is 3.37. The second kappa shape index (κ2) is 4.25. The molecule has 0 radical (unpaired) electrons. The molecule has 1 aromatic heterocycles. The first-order valence-corrected chi connectivity index (χ1v) is 6.02. The molecule has 5 heteroatoms. The van der Waals surface area contributed by atoms with Crippen LogP contribution in [0.5, 0.6) is 0 Å². The third-order valence-electron chi connectivity index (χ3n) is 3.37. The van der Waals surface area contributed by atoms with Crippen molar-refractivity contribution in [2.75, 3.05) is 0 Å². The van der Waals surface area contributed by atoms with Gasteiger partial charge in [0, 0.05) is 0 Å². The molecule has 1 N–H and O–H groups in total. The van der Waals surface area contributed by atoms with Crippen LogP contribution in [0.1, 0.15) is 34.5 Å². The van der Waals surface area contributed by atoms with Gasteiger partial charge in [0.15, 0.2) is 5.69 Å². The molecule has 0 atom stereocenters. The largest absolute Gasteiger partial charge is 0.476 e. The van der Waals surface area contributed by atoms with Gasteiger partial charge in [-0.3, -0.25) is 0 Å². The van der Waals surface area contributed by atoms with Crippen molar-refractivity contribution in [2.24, 2.45) is 0 Å². The maximum atomic E-state index is 11.1. The number of fused-ring (bicyclic) bond motifs is 1. The summed E-state index contributed by atoms with van der Waals surface area (Å²) in [5.74, 6) is -1.01. The van der Waals surface area contributed by atoms with Gasteiger partial charge < -0.3 is 5.11 Å². The highest BCUT2D eigenvalue weighted by Gasteiger charge is 2.19. The van der Waals surface area contributed by atoms with E-state index in [4.69, 9.17) is 5.11 Å². The van der Waals surface area contributed by atoms with Gasteiger partial charge in [0.2, 0.25) is 0 Å². The number of carboxylic acids is 1.